The molecule has 118 valence electrons. The van der Waals surface area contributed by atoms with Gasteiger partial charge in [-0.25, -0.2) is 0 Å². The normalized spacial score (nSPS) is 31.4. The molecule has 0 aromatic heterocycles. The summed E-state index contributed by atoms with van der Waals surface area (Å²) in [6, 6.07) is 0.944. The summed E-state index contributed by atoms with van der Waals surface area (Å²) in [7, 11) is 2.00. The van der Waals surface area contributed by atoms with Crippen molar-refractivity contribution in [2.24, 2.45) is 5.92 Å². The van der Waals surface area contributed by atoms with Crippen LogP contribution in [0.5, 0.6) is 0 Å². The lowest BCUT2D eigenvalue weighted by Gasteiger charge is -2.37. The topological polar surface area (TPSA) is 35.6 Å². The van der Waals surface area contributed by atoms with Gasteiger partial charge in [0.1, 0.15) is 0 Å². The zero-order valence-corrected chi connectivity index (χ0v) is 13.9. The van der Waals surface area contributed by atoms with Crippen molar-refractivity contribution in [3.05, 3.63) is 0 Å². The minimum absolute atomic E-state index is 0. The molecule has 1 atom stereocenters. The van der Waals surface area contributed by atoms with Crippen LogP contribution in [0.25, 0.3) is 0 Å². The lowest BCUT2D eigenvalue weighted by molar-refractivity contribution is -0.134. The summed E-state index contributed by atoms with van der Waals surface area (Å²) >= 11 is 0. The molecule has 1 N–H and O–H groups in total. The van der Waals surface area contributed by atoms with Crippen LogP contribution in [0, 0.1) is 5.92 Å². The first-order chi connectivity index (χ1) is 9.08. The minimum atomic E-state index is 0. The fraction of sp³-hybridized carbons (Fsp3) is 0.933. The van der Waals surface area contributed by atoms with Gasteiger partial charge >= 0.3 is 0 Å². The van der Waals surface area contributed by atoms with E-state index in [0.29, 0.717) is 24.5 Å². The quantitative estimate of drug-likeness (QED) is 0.863. The van der Waals surface area contributed by atoms with E-state index in [4.69, 9.17) is 0 Å². The molecule has 2 fully saturated rings. The van der Waals surface area contributed by atoms with Crippen molar-refractivity contribution in [2.75, 3.05) is 33.2 Å². The predicted molar refractivity (Wildman–Crippen MR) is 85.3 cm³/mol. The Labute approximate surface area is 129 Å². The van der Waals surface area contributed by atoms with Crippen molar-refractivity contribution in [3.63, 3.8) is 0 Å². The zero-order chi connectivity index (χ0) is 13.8. The number of nitrogens with one attached hydrogen (secondary N) is 1. The number of piperazine rings is 1. The van der Waals surface area contributed by atoms with Crippen LogP contribution in [0.15, 0.2) is 0 Å². The second-order valence-electron chi connectivity index (χ2n) is 6.44. The van der Waals surface area contributed by atoms with Gasteiger partial charge in [0.15, 0.2) is 0 Å². The maximum Gasteiger partial charge on any atom is 0.236 e. The van der Waals surface area contributed by atoms with E-state index in [9.17, 15) is 4.79 Å². The van der Waals surface area contributed by atoms with E-state index in [1.165, 1.54) is 25.7 Å². The van der Waals surface area contributed by atoms with Crippen molar-refractivity contribution < 1.29 is 4.79 Å². The van der Waals surface area contributed by atoms with E-state index in [1.54, 1.807) is 0 Å². The number of hydrogen-bond acceptors (Lipinski definition) is 3. The molecule has 1 saturated carbocycles. The average molecular weight is 304 g/mol. The fourth-order valence-corrected chi connectivity index (χ4v) is 3.24. The van der Waals surface area contributed by atoms with Crippen LogP contribution in [0.1, 0.15) is 39.5 Å². The maximum atomic E-state index is 12.4. The van der Waals surface area contributed by atoms with E-state index in [1.807, 2.05) is 11.9 Å². The van der Waals surface area contributed by atoms with Crippen LogP contribution in [0.4, 0.5) is 0 Å². The Morgan fingerprint density at radius 2 is 1.90 bits per heavy atom. The highest BCUT2D eigenvalue weighted by atomic mass is 35.5. The number of carbonyl (C=O) groups excluding carboxylic acids is 1. The third-order valence-corrected chi connectivity index (χ3v) is 4.90. The predicted octanol–water partition coefficient (Wildman–Crippen LogP) is 1.74. The van der Waals surface area contributed by atoms with Gasteiger partial charge in [-0.3, -0.25) is 9.69 Å². The first kappa shape index (κ1) is 17.7. The van der Waals surface area contributed by atoms with Gasteiger partial charge in [0.25, 0.3) is 0 Å². The number of amides is 1. The third kappa shape index (κ3) is 4.61. The van der Waals surface area contributed by atoms with E-state index >= 15 is 0 Å². The van der Waals surface area contributed by atoms with Crippen LogP contribution < -0.4 is 5.32 Å². The number of nitrogens with zero attached hydrogens (tertiary/aromatic N) is 2. The van der Waals surface area contributed by atoms with E-state index < -0.39 is 0 Å². The van der Waals surface area contributed by atoms with Gasteiger partial charge in [-0.1, -0.05) is 6.92 Å². The number of halogens is 1. The lowest BCUT2D eigenvalue weighted by atomic mass is 9.87. The largest absolute Gasteiger partial charge is 0.342 e. The summed E-state index contributed by atoms with van der Waals surface area (Å²) in [4.78, 5) is 16.7. The Morgan fingerprint density at radius 3 is 2.50 bits per heavy atom. The highest BCUT2D eigenvalue weighted by molar-refractivity contribution is 5.85. The first-order valence-electron chi connectivity index (χ1n) is 7.78. The Morgan fingerprint density at radius 1 is 1.25 bits per heavy atom. The molecular weight excluding hydrogens is 274 g/mol. The molecule has 1 aliphatic carbocycles. The Hall–Kier alpha value is -0.320. The molecular formula is C15H30ClN3O. The van der Waals surface area contributed by atoms with Crippen molar-refractivity contribution in [1.82, 2.24) is 15.1 Å². The number of likely N-dealkylation sites (N-methyl/N-ethyl adjacent to an activating group) is 1. The molecule has 0 radical (unpaired) electrons. The molecule has 1 saturated heterocycles. The van der Waals surface area contributed by atoms with Gasteiger partial charge in [0.05, 0.1) is 6.54 Å². The molecule has 2 aliphatic rings. The molecule has 1 aliphatic heterocycles. The van der Waals surface area contributed by atoms with Gasteiger partial charge < -0.3 is 10.2 Å². The number of rotatable bonds is 3. The monoisotopic (exact) mass is 303 g/mol. The molecule has 1 heterocycles. The zero-order valence-electron chi connectivity index (χ0n) is 13.1. The van der Waals surface area contributed by atoms with Crippen molar-refractivity contribution in [1.29, 1.82) is 0 Å². The third-order valence-electron chi connectivity index (χ3n) is 4.90. The van der Waals surface area contributed by atoms with Gasteiger partial charge in [-0.15, -0.1) is 12.4 Å². The second-order valence-corrected chi connectivity index (χ2v) is 6.44. The van der Waals surface area contributed by atoms with Crippen molar-refractivity contribution >= 4 is 18.3 Å². The van der Waals surface area contributed by atoms with Gasteiger partial charge in [0, 0.05) is 38.8 Å². The maximum absolute atomic E-state index is 12.4. The SMILES string of the molecule is CC1CCC(N(C)C(=O)CN2CCNC[C@H]2C)CC1.Cl. The summed E-state index contributed by atoms with van der Waals surface area (Å²) in [6.07, 6.45) is 4.90. The molecule has 4 nitrogen and oxygen atoms in total. The summed E-state index contributed by atoms with van der Waals surface area (Å²) in [5.41, 5.74) is 0. The molecule has 5 heteroatoms. The van der Waals surface area contributed by atoms with Crippen LogP contribution in [0.3, 0.4) is 0 Å². The fourth-order valence-electron chi connectivity index (χ4n) is 3.24. The van der Waals surface area contributed by atoms with E-state index in [-0.39, 0.29) is 12.4 Å². The summed E-state index contributed by atoms with van der Waals surface area (Å²) in [6.45, 7) is 8.09. The smallest absolute Gasteiger partial charge is 0.236 e. The summed E-state index contributed by atoms with van der Waals surface area (Å²) in [5.74, 6) is 1.14. The standard InChI is InChI=1S/C15H29N3O.ClH/c1-12-4-6-14(7-5-12)17(3)15(19)11-18-9-8-16-10-13(18)2;/h12-14,16H,4-11H2,1-3H3;1H/t12?,13-,14?;/m1./s1. The molecule has 20 heavy (non-hydrogen) atoms. The molecule has 2 rings (SSSR count). The van der Waals surface area contributed by atoms with Gasteiger partial charge in [-0.05, 0) is 38.5 Å². The average Bonchev–Trinajstić information content (AvgIpc) is 2.41. The molecule has 0 bridgehead atoms. The van der Waals surface area contributed by atoms with Gasteiger partial charge in [0.2, 0.25) is 5.91 Å². The van der Waals surface area contributed by atoms with Gasteiger partial charge in [-0.2, -0.15) is 0 Å². The molecule has 0 aromatic rings. The molecule has 0 aromatic carbocycles. The minimum Gasteiger partial charge on any atom is -0.342 e. The van der Waals surface area contributed by atoms with Crippen LogP contribution in [0.2, 0.25) is 0 Å². The van der Waals surface area contributed by atoms with Crippen molar-refractivity contribution in [2.45, 2.75) is 51.6 Å². The lowest BCUT2D eigenvalue weighted by Crippen LogP contribution is -2.53. The van der Waals surface area contributed by atoms with Crippen LogP contribution in [-0.2, 0) is 4.79 Å². The summed E-state index contributed by atoms with van der Waals surface area (Å²) in [5, 5.41) is 3.37. The molecule has 1 amide bonds. The van der Waals surface area contributed by atoms with Crippen molar-refractivity contribution in [3.8, 4) is 0 Å². The highest BCUT2D eigenvalue weighted by Gasteiger charge is 2.27. The van der Waals surface area contributed by atoms with Crippen LogP contribution >= 0.6 is 12.4 Å². The Balaban J connectivity index is 0.00000200. The highest BCUT2D eigenvalue weighted by Crippen LogP contribution is 2.26. The Kier molecular flexibility index (Phi) is 7.27. The first-order valence-corrected chi connectivity index (χ1v) is 7.78. The van der Waals surface area contributed by atoms with E-state index in [2.05, 4.69) is 24.1 Å². The molecule has 0 unspecified atom stereocenters. The van der Waals surface area contributed by atoms with E-state index in [0.717, 1.165) is 25.6 Å². The Bertz CT molecular complexity index is 305. The number of carbonyl (C=O) groups is 1. The molecule has 0 spiro atoms. The van der Waals surface area contributed by atoms with Crippen LogP contribution in [-0.4, -0.2) is 61.0 Å². The summed E-state index contributed by atoms with van der Waals surface area (Å²) < 4.78 is 0. The number of hydrogen-bond donors (Lipinski definition) is 1. The second kappa shape index (κ2) is 8.20.